The lowest BCUT2D eigenvalue weighted by Gasteiger charge is -2.20. The number of aliphatic hydroxyl groups is 2. The summed E-state index contributed by atoms with van der Waals surface area (Å²) < 4.78 is 0. The molecule has 0 saturated carbocycles. The van der Waals surface area contributed by atoms with Crippen LogP contribution in [-0.4, -0.2) is 34.9 Å². The summed E-state index contributed by atoms with van der Waals surface area (Å²) in [5.74, 6) is -0.0574. The number of rotatable bonds is 53. The van der Waals surface area contributed by atoms with Gasteiger partial charge in [-0.15, -0.1) is 0 Å². The normalized spacial score (nSPS) is 12.8. The first-order valence-corrected chi connectivity index (χ1v) is 28.4. The van der Waals surface area contributed by atoms with Crippen LogP contribution >= 0.6 is 0 Å². The van der Waals surface area contributed by atoms with Gasteiger partial charge in [-0.1, -0.05) is 315 Å². The summed E-state index contributed by atoms with van der Waals surface area (Å²) in [5, 5.41) is 23.1. The molecule has 0 aromatic carbocycles. The Morgan fingerprint density at radius 3 is 0.852 bits per heavy atom. The number of hydrogen-bond donors (Lipinski definition) is 3. The summed E-state index contributed by atoms with van der Waals surface area (Å²) in [6.07, 6.45) is 69.7. The molecule has 0 rings (SSSR count). The number of amides is 1. The Bertz CT molecular complexity index is 844. The standard InChI is InChI=1S/C57H113NO3/c1-3-5-7-9-11-13-15-17-18-19-20-21-22-23-24-25-26-27-28-29-30-31-32-33-34-35-36-37-38-39-41-43-45-47-49-51-53-57(61)58-55(54-59)56(60)52-50-48-46-44-42-40-16-14-12-10-8-6-4-2/h50,52,55-56,59-60H,3-49,51,53-54H2,1-2H3,(H,58,61)/b52-50+. The zero-order valence-corrected chi connectivity index (χ0v) is 42.0. The van der Waals surface area contributed by atoms with Crippen molar-refractivity contribution in [3.8, 4) is 0 Å². The lowest BCUT2D eigenvalue weighted by Crippen LogP contribution is -2.45. The zero-order chi connectivity index (χ0) is 44.2. The van der Waals surface area contributed by atoms with Crippen LogP contribution in [0.2, 0.25) is 0 Å². The van der Waals surface area contributed by atoms with Crippen LogP contribution in [0.1, 0.15) is 328 Å². The number of aliphatic hydroxyl groups excluding tert-OH is 2. The molecule has 0 radical (unpaired) electrons. The van der Waals surface area contributed by atoms with E-state index in [2.05, 4.69) is 19.2 Å². The molecule has 0 bridgehead atoms. The lowest BCUT2D eigenvalue weighted by atomic mass is 10.0. The third kappa shape index (κ3) is 50.0. The molecule has 3 N–H and O–H groups in total. The second kappa shape index (κ2) is 53.5. The third-order valence-corrected chi connectivity index (χ3v) is 13.5. The highest BCUT2D eigenvalue weighted by molar-refractivity contribution is 5.76. The number of carbonyl (C=O) groups is 1. The number of allylic oxidation sites excluding steroid dienone is 1. The third-order valence-electron chi connectivity index (χ3n) is 13.5. The lowest BCUT2D eigenvalue weighted by molar-refractivity contribution is -0.123. The Balaban J connectivity index is 3.35. The largest absolute Gasteiger partial charge is 0.394 e. The van der Waals surface area contributed by atoms with E-state index in [4.69, 9.17) is 0 Å². The predicted molar refractivity (Wildman–Crippen MR) is 272 cm³/mol. The van der Waals surface area contributed by atoms with Crippen LogP contribution in [0.4, 0.5) is 0 Å². The van der Waals surface area contributed by atoms with Crippen LogP contribution in [0.3, 0.4) is 0 Å². The van der Waals surface area contributed by atoms with Gasteiger partial charge in [-0.2, -0.15) is 0 Å². The minimum Gasteiger partial charge on any atom is -0.394 e. The molecule has 0 heterocycles. The molecular weight excluding hydrogens is 747 g/mol. The van der Waals surface area contributed by atoms with Gasteiger partial charge in [-0.25, -0.2) is 0 Å². The average molecular weight is 861 g/mol. The van der Waals surface area contributed by atoms with Gasteiger partial charge in [0.25, 0.3) is 0 Å². The first-order chi connectivity index (χ1) is 30.2. The van der Waals surface area contributed by atoms with Gasteiger partial charge in [0, 0.05) is 6.42 Å². The van der Waals surface area contributed by atoms with Gasteiger partial charge in [0.2, 0.25) is 5.91 Å². The maximum absolute atomic E-state index is 12.4. The molecule has 4 heteroatoms. The molecule has 0 saturated heterocycles. The number of hydrogen-bond acceptors (Lipinski definition) is 3. The molecule has 0 aromatic rings. The topological polar surface area (TPSA) is 69.6 Å². The maximum Gasteiger partial charge on any atom is 0.220 e. The molecule has 1 amide bonds. The Morgan fingerprint density at radius 1 is 0.377 bits per heavy atom. The summed E-state index contributed by atoms with van der Waals surface area (Å²) in [6.45, 7) is 4.34. The quantitative estimate of drug-likeness (QED) is 0.0421. The molecule has 0 fully saturated rings. The van der Waals surface area contributed by atoms with Gasteiger partial charge in [0.1, 0.15) is 0 Å². The number of nitrogens with one attached hydrogen (secondary N) is 1. The van der Waals surface area contributed by atoms with Crippen LogP contribution in [0, 0.1) is 0 Å². The molecular formula is C57H113NO3. The van der Waals surface area contributed by atoms with E-state index in [9.17, 15) is 15.0 Å². The monoisotopic (exact) mass is 860 g/mol. The van der Waals surface area contributed by atoms with Crippen LogP contribution < -0.4 is 5.32 Å². The van der Waals surface area contributed by atoms with Gasteiger partial charge in [-0.3, -0.25) is 4.79 Å². The highest BCUT2D eigenvalue weighted by Crippen LogP contribution is 2.18. The minimum atomic E-state index is -0.834. The van der Waals surface area contributed by atoms with Gasteiger partial charge in [0.05, 0.1) is 18.8 Å². The zero-order valence-electron chi connectivity index (χ0n) is 42.0. The van der Waals surface area contributed by atoms with Crippen molar-refractivity contribution in [1.82, 2.24) is 5.32 Å². The van der Waals surface area contributed by atoms with Crippen molar-refractivity contribution in [2.24, 2.45) is 0 Å². The SMILES string of the molecule is CCCCCCCCCCCCC/C=C/C(O)C(CO)NC(=O)CCCCCCCCCCCCCCCCCCCCCCCCCCCCCCCCCCCCCC. The van der Waals surface area contributed by atoms with Crippen molar-refractivity contribution in [3.05, 3.63) is 12.2 Å². The highest BCUT2D eigenvalue weighted by Gasteiger charge is 2.18. The maximum atomic E-state index is 12.4. The Kier molecular flexibility index (Phi) is 52.7. The van der Waals surface area contributed by atoms with Crippen LogP contribution in [0.15, 0.2) is 12.2 Å². The van der Waals surface area contributed by atoms with Crippen LogP contribution in [0.25, 0.3) is 0 Å². The van der Waals surface area contributed by atoms with Crippen molar-refractivity contribution in [3.63, 3.8) is 0 Å². The molecule has 4 nitrogen and oxygen atoms in total. The fourth-order valence-corrected chi connectivity index (χ4v) is 9.18. The van der Waals surface area contributed by atoms with E-state index >= 15 is 0 Å². The molecule has 2 atom stereocenters. The highest BCUT2D eigenvalue weighted by atomic mass is 16.3. The fraction of sp³-hybridized carbons (Fsp3) is 0.947. The second-order valence-electron chi connectivity index (χ2n) is 19.7. The van der Waals surface area contributed by atoms with E-state index < -0.39 is 12.1 Å². The molecule has 0 spiro atoms. The predicted octanol–water partition coefficient (Wildman–Crippen LogP) is 18.5. The van der Waals surface area contributed by atoms with E-state index in [0.717, 1.165) is 25.7 Å². The molecule has 0 aromatic heterocycles. The van der Waals surface area contributed by atoms with Crippen molar-refractivity contribution >= 4 is 5.91 Å². The second-order valence-corrected chi connectivity index (χ2v) is 19.7. The smallest absolute Gasteiger partial charge is 0.220 e. The van der Waals surface area contributed by atoms with Crippen LogP contribution in [0.5, 0.6) is 0 Å². The average Bonchev–Trinajstić information content (AvgIpc) is 3.26. The van der Waals surface area contributed by atoms with E-state index in [1.807, 2.05) is 6.08 Å². The van der Waals surface area contributed by atoms with E-state index in [0.29, 0.717) is 6.42 Å². The minimum absolute atomic E-state index is 0.0574. The molecule has 0 aliphatic carbocycles. The van der Waals surface area contributed by atoms with Crippen molar-refractivity contribution in [2.45, 2.75) is 341 Å². The molecule has 0 aliphatic heterocycles. The first kappa shape index (κ1) is 60.1. The van der Waals surface area contributed by atoms with Crippen LogP contribution in [-0.2, 0) is 4.79 Å². The number of carbonyl (C=O) groups excluding carboxylic acids is 1. The van der Waals surface area contributed by atoms with E-state index in [-0.39, 0.29) is 12.5 Å². The summed E-state index contributed by atoms with van der Waals surface area (Å²) in [4.78, 5) is 12.4. The molecule has 2 unspecified atom stereocenters. The van der Waals surface area contributed by atoms with Gasteiger partial charge < -0.3 is 15.5 Å². The Labute approximate surface area is 384 Å². The molecule has 0 aliphatic rings. The first-order valence-electron chi connectivity index (χ1n) is 28.4. The number of unbranched alkanes of at least 4 members (excludes halogenated alkanes) is 46. The van der Waals surface area contributed by atoms with Crippen molar-refractivity contribution < 1.29 is 15.0 Å². The summed E-state index contributed by atoms with van der Waals surface area (Å²) in [5.41, 5.74) is 0. The van der Waals surface area contributed by atoms with Gasteiger partial charge >= 0.3 is 0 Å². The summed E-state index contributed by atoms with van der Waals surface area (Å²) >= 11 is 0. The van der Waals surface area contributed by atoms with E-state index in [1.165, 1.54) is 283 Å². The Hall–Kier alpha value is -0.870. The van der Waals surface area contributed by atoms with Crippen molar-refractivity contribution in [2.75, 3.05) is 6.61 Å². The summed E-state index contributed by atoms with van der Waals surface area (Å²) in [6, 6.07) is -0.617. The Morgan fingerprint density at radius 2 is 0.607 bits per heavy atom. The fourth-order valence-electron chi connectivity index (χ4n) is 9.18. The molecule has 364 valence electrons. The van der Waals surface area contributed by atoms with Gasteiger partial charge in [0.15, 0.2) is 0 Å². The molecule has 61 heavy (non-hydrogen) atoms. The van der Waals surface area contributed by atoms with Gasteiger partial charge in [-0.05, 0) is 19.3 Å². The van der Waals surface area contributed by atoms with E-state index in [1.54, 1.807) is 6.08 Å². The van der Waals surface area contributed by atoms with Crippen molar-refractivity contribution in [1.29, 1.82) is 0 Å². The summed E-state index contributed by atoms with van der Waals surface area (Å²) in [7, 11) is 0.